The van der Waals surface area contributed by atoms with Crippen LogP contribution >= 0.6 is 0 Å². The Morgan fingerprint density at radius 2 is 2.30 bits per heavy atom. The predicted octanol–water partition coefficient (Wildman–Crippen LogP) is 1.10. The second kappa shape index (κ2) is 6.21. The number of hydrogen-bond acceptors (Lipinski definition) is 4. The van der Waals surface area contributed by atoms with Crippen molar-refractivity contribution in [1.29, 1.82) is 0 Å². The molecule has 2 aromatic rings. The number of aromatic nitrogens is 2. The van der Waals surface area contributed by atoms with Gasteiger partial charge in [-0.25, -0.2) is 0 Å². The van der Waals surface area contributed by atoms with Gasteiger partial charge in [0.2, 0.25) is 0 Å². The number of anilines is 1. The predicted molar refractivity (Wildman–Crippen MR) is 84.4 cm³/mol. The Balaban J connectivity index is 1.83. The molecule has 2 heterocycles. The Labute approximate surface area is 133 Å². The van der Waals surface area contributed by atoms with Crippen LogP contribution in [0.1, 0.15) is 32.0 Å². The van der Waals surface area contributed by atoms with Gasteiger partial charge in [-0.05, 0) is 24.1 Å². The van der Waals surface area contributed by atoms with Crippen molar-refractivity contribution in [2.45, 2.75) is 13.0 Å². The first-order valence-electron chi connectivity index (χ1n) is 7.32. The normalized spacial score (nSPS) is 13.4. The van der Waals surface area contributed by atoms with E-state index in [9.17, 15) is 9.59 Å². The third-order valence-corrected chi connectivity index (χ3v) is 3.72. The molecule has 2 amide bonds. The molecule has 0 saturated carbocycles. The number of amides is 2. The van der Waals surface area contributed by atoms with Gasteiger partial charge in [-0.2, -0.15) is 5.10 Å². The number of ether oxygens (including phenoxy) is 1. The van der Waals surface area contributed by atoms with Crippen LogP contribution in [0.3, 0.4) is 0 Å². The van der Waals surface area contributed by atoms with Crippen LogP contribution in [-0.2, 0) is 24.8 Å². The van der Waals surface area contributed by atoms with E-state index in [0.29, 0.717) is 29.1 Å². The topological polar surface area (TPSA) is 85.2 Å². The minimum Gasteiger partial charge on any atom is -0.378 e. The van der Waals surface area contributed by atoms with Crippen LogP contribution in [0, 0.1) is 0 Å². The highest BCUT2D eigenvalue weighted by Gasteiger charge is 2.19. The Bertz CT molecular complexity index is 767. The Morgan fingerprint density at radius 1 is 1.48 bits per heavy atom. The number of hydrogen-bond donors (Lipinski definition) is 2. The number of aryl methyl sites for hydroxylation is 1. The van der Waals surface area contributed by atoms with Crippen molar-refractivity contribution >= 4 is 17.5 Å². The number of nitrogens with one attached hydrogen (secondary N) is 2. The summed E-state index contributed by atoms with van der Waals surface area (Å²) in [5.74, 6) is -0.384. The summed E-state index contributed by atoms with van der Waals surface area (Å²) in [5.41, 5.74) is 3.21. The van der Waals surface area contributed by atoms with Crippen LogP contribution in [-0.4, -0.2) is 35.2 Å². The van der Waals surface area contributed by atoms with Gasteiger partial charge < -0.3 is 15.4 Å². The fraction of sp³-hybridized carbons (Fsp3) is 0.312. The zero-order chi connectivity index (χ0) is 16.4. The van der Waals surface area contributed by atoms with Crippen molar-refractivity contribution in [3.05, 3.63) is 46.8 Å². The van der Waals surface area contributed by atoms with E-state index in [0.717, 1.165) is 12.0 Å². The SMILES string of the molecule is COCc1nn(C)cc1C(=O)Nc1ccc2c(c1)C(=O)NCC2. The lowest BCUT2D eigenvalue weighted by molar-refractivity contribution is 0.0944. The van der Waals surface area contributed by atoms with E-state index in [-0.39, 0.29) is 18.4 Å². The molecule has 7 heteroatoms. The van der Waals surface area contributed by atoms with Gasteiger partial charge in [-0.1, -0.05) is 6.07 Å². The van der Waals surface area contributed by atoms with Crippen molar-refractivity contribution in [2.24, 2.45) is 7.05 Å². The number of carbonyl (C=O) groups is 2. The zero-order valence-electron chi connectivity index (χ0n) is 13.0. The summed E-state index contributed by atoms with van der Waals surface area (Å²) in [6, 6.07) is 5.39. The van der Waals surface area contributed by atoms with Crippen LogP contribution in [0.4, 0.5) is 5.69 Å². The fourth-order valence-electron chi connectivity index (χ4n) is 2.66. The van der Waals surface area contributed by atoms with E-state index in [2.05, 4.69) is 15.7 Å². The monoisotopic (exact) mass is 314 g/mol. The third-order valence-electron chi connectivity index (χ3n) is 3.72. The van der Waals surface area contributed by atoms with Gasteiger partial charge in [-0.3, -0.25) is 14.3 Å². The van der Waals surface area contributed by atoms with Crippen LogP contribution < -0.4 is 10.6 Å². The van der Waals surface area contributed by atoms with Crippen molar-refractivity contribution in [3.8, 4) is 0 Å². The Kier molecular flexibility index (Phi) is 4.12. The lowest BCUT2D eigenvalue weighted by Gasteiger charge is -2.17. The van der Waals surface area contributed by atoms with E-state index in [1.165, 1.54) is 0 Å². The standard InChI is InChI=1S/C16H18N4O3/c1-20-8-13(14(19-20)9-23-2)16(22)18-11-4-3-10-5-6-17-15(21)12(10)7-11/h3-4,7-8H,5-6,9H2,1-2H3,(H,17,21)(H,18,22). The molecule has 23 heavy (non-hydrogen) atoms. The highest BCUT2D eigenvalue weighted by molar-refractivity contribution is 6.06. The average molecular weight is 314 g/mol. The minimum atomic E-state index is -0.277. The molecule has 0 bridgehead atoms. The van der Waals surface area contributed by atoms with Gasteiger partial charge in [0.05, 0.1) is 12.2 Å². The number of methoxy groups -OCH3 is 1. The van der Waals surface area contributed by atoms with Gasteiger partial charge in [-0.15, -0.1) is 0 Å². The quantitative estimate of drug-likeness (QED) is 0.885. The van der Waals surface area contributed by atoms with Crippen molar-refractivity contribution < 1.29 is 14.3 Å². The van der Waals surface area contributed by atoms with Crippen LogP contribution in [0.15, 0.2) is 24.4 Å². The largest absolute Gasteiger partial charge is 0.378 e. The van der Waals surface area contributed by atoms with E-state index in [4.69, 9.17) is 4.74 Å². The number of nitrogens with zero attached hydrogens (tertiary/aromatic N) is 2. The second-order valence-electron chi connectivity index (χ2n) is 5.43. The molecule has 0 spiro atoms. The molecule has 1 aromatic heterocycles. The summed E-state index contributed by atoms with van der Waals surface area (Å²) in [4.78, 5) is 24.3. The van der Waals surface area contributed by atoms with Gasteiger partial charge in [0.15, 0.2) is 0 Å². The van der Waals surface area contributed by atoms with E-state index >= 15 is 0 Å². The maximum atomic E-state index is 12.5. The molecule has 1 aliphatic heterocycles. The van der Waals surface area contributed by atoms with Gasteiger partial charge in [0, 0.05) is 38.1 Å². The molecular weight excluding hydrogens is 296 g/mol. The van der Waals surface area contributed by atoms with Crippen molar-refractivity contribution in [3.63, 3.8) is 0 Å². The molecule has 0 unspecified atom stereocenters. The van der Waals surface area contributed by atoms with E-state index < -0.39 is 0 Å². The third kappa shape index (κ3) is 3.09. The van der Waals surface area contributed by atoms with Crippen LogP contribution in [0.25, 0.3) is 0 Å². The van der Waals surface area contributed by atoms with Gasteiger partial charge >= 0.3 is 0 Å². The summed E-state index contributed by atoms with van der Waals surface area (Å²) in [5, 5.41) is 9.82. The lowest BCUT2D eigenvalue weighted by atomic mass is 10.00. The lowest BCUT2D eigenvalue weighted by Crippen LogP contribution is -2.31. The molecule has 0 saturated heterocycles. The first-order chi connectivity index (χ1) is 11.1. The summed E-state index contributed by atoms with van der Waals surface area (Å²) < 4.78 is 6.63. The van der Waals surface area contributed by atoms with E-state index in [1.54, 1.807) is 31.1 Å². The summed E-state index contributed by atoms with van der Waals surface area (Å²) in [6.07, 6.45) is 2.45. The molecule has 1 aliphatic rings. The van der Waals surface area contributed by atoms with E-state index in [1.807, 2.05) is 12.1 Å². The second-order valence-corrected chi connectivity index (χ2v) is 5.43. The maximum Gasteiger partial charge on any atom is 0.259 e. The highest BCUT2D eigenvalue weighted by Crippen LogP contribution is 2.20. The molecule has 0 radical (unpaired) electrons. The van der Waals surface area contributed by atoms with Crippen LogP contribution in [0.5, 0.6) is 0 Å². The average Bonchev–Trinajstić information content (AvgIpc) is 2.89. The minimum absolute atomic E-state index is 0.108. The molecule has 0 aliphatic carbocycles. The molecular formula is C16H18N4O3. The molecule has 120 valence electrons. The number of carbonyl (C=O) groups excluding carboxylic acids is 2. The fourth-order valence-corrected chi connectivity index (χ4v) is 2.66. The molecule has 1 aromatic carbocycles. The maximum absolute atomic E-state index is 12.5. The Hall–Kier alpha value is -2.67. The molecule has 2 N–H and O–H groups in total. The Morgan fingerprint density at radius 3 is 3.09 bits per heavy atom. The molecule has 3 rings (SSSR count). The summed E-state index contributed by atoms with van der Waals surface area (Å²) >= 11 is 0. The smallest absolute Gasteiger partial charge is 0.259 e. The molecule has 0 fully saturated rings. The summed E-state index contributed by atoms with van der Waals surface area (Å²) in [6.45, 7) is 0.907. The molecule has 0 atom stereocenters. The van der Waals surface area contributed by atoms with Crippen molar-refractivity contribution in [2.75, 3.05) is 19.0 Å². The highest BCUT2D eigenvalue weighted by atomic mass is 16.5. The summed E-state index contributed by atoms with van der Waals surface area (Å²) in [7, 11) is 3.30. The van der Waals surface area contributed by atoms with Gasteiger partial charge in [0.1, 0.15) is 5.69 Å². The number of fused-ring (bicyclic) bond motifs is 1. The number of rotatable bonds is 4. The first-order valence-corrected chi connectivity index (χ1v) is 7.32. The first kappa shape index (κ1) is 15.2. The number of benzene rings is 1. The van der Waals surface area contributed by atoms with Crippen molar-refractivity contribution in [1.82, 2.24) is 15.1 Å². The van der Waals surface area contributed by atoms with Crippen LogP contribution in [0.2, 0.25) is 0 Å². The van der Waals surface area contributed by atoms with Gasteiger partial charge in [0.25, 0.3) is 11.8 Å². The molecule has 7 nitrogen and oxygen atoms in total. The zero-order valence-corrected chi connectivity index (χ0v) is 13.0.